The van der Waals surface area contributed by atoms with E-state index >= 15 is 0 Å². The number of amides is 3. The van der Waals surface area contributed by atoms with E-state index in [0.29, 0.717) is 18.9 Å². The van der Waals surface area contributed by atoms with Gasteiger partial charge in [-0.25, -0.2) is 4.79 Å². The van der Waals surface area contributed by atoms with E-state index in [2.05, 4.69) is 34.4 Å². The predicted octanol–water partition coefficient (Wildman–Crippen LogP) is 2.09. The van der Waals surface area contributed by atoms with Crippen LogP contribution in [0.15, 0.2) is 24.3 Å². The predicted molar refractivity (Wildman–Crippen MR) is 93.3 cm³/mol. The van der Waals surface area contributed by atoms with Gasteiger partial charge >= 0.3 is 6.03 Å². The standard InChI is InChI=1S/C18H22N4O2/c1-21-14-3-2-4-15(22-10-7-17(23)20-18(22)24)13(14)11-16(21)12-5-8-19-9-6-12/h2-4,11-12,19H,5-10H2,1H3,(H,20,23,24). The van der Waals surface area contributed by atoms with Gasteiger partial charge in [-0.2, -0.15) is 0 Å². The maximum atomic E-state index is 12.2. The minimum Gasteiger partial charge on any atom is -0.347 e. The molecule has 2 fully saturated rings. The highest BCUT2D eigenvalue weighted by Crippen LogP contribution is 2.35. The maximum Gasteiger partial charge on any atom is 0.328 e. The summed E-state index contributed by atoms with van der Waals surface area (Å²) in [7, 11) is 2.10. The van der Waals surface area contributed by atoms with Crippen molar-refractivity contribution in [3.05, 3.63) is 30.0 Å². The molecule has 2 aromatic rings. The molecule has 3 heterocycles. The number of piperidine rings is 1. The number of fused-ring (bicyclic) bond motifs is 1. The van der Waals surface area contributed by atoms with Crippen LogP contribution in [0.3, 0.4) is 0 Å². The lowest BCUT2D eigenvalue weighted by molar-refractivity contribution is -0.120. The van der Waals surface area contributed by atoms with Crippen molar-refractivity contribution in [1.82, 2.24) is 15.2 Å². The zero-order valence-electron chi connectivity index (χ0n) is 13.8. The molecule has 1 aromatic heterocycles. The minimum absolute atomic E-state index is 0.202. The van der Waals surface area contributed by atoms with Crippen molar-refractivity contribution in [2.45, 2.75) is 25.2 Å². The van der Waals surface area contributed by atoms with Crippen molar-refractivity contribution in [2.24, 2.45) is 7.05 Å². The number of aromatic nitrogens is 1. The van der Waals surface area contributed by atoms with E-state index in [9.17, 15) is 9.59 Å². The van der Waals surface area contributed by atoms with Gasteiger partial charge in [-0.15, -0.1) is 0 Å². The first-order chi connectivity index (χ1) is 11.6. The second-order valence-electron chi connectivity index (χ2n) is 6.62. The molecule has 2 N–H and O–H groups in total. The smallest absolute Gasteiger partial charge is 0.328 e. The lowest BCUT2D eigenvalue weighted by Gasteiger charge is -2.27. The molecule has 24 heavy (non-hydrogen) atoms. The summed E-state index contributed by atoms with van der Waals surface area (Å²) in [4.78, 5) is 25.3. The second kappa shape index (κ2) is 5.94. The van der Waals surface area contributed by atoms with Crippen molar-refractivity contribution in [3.63, 3.8) is 0 Å². The Labute approximate surface area is 140 Å². The van der Waals surface area contributed by atoms with E-state index < -0.39 is 0 Å². The number of nitrogens with one attached hydrogen (secondary N) is 2. The number of carbonyl (C=O) groups excluding carboxylic acids is 2. The third kappa shape index (κ3) is 2.47. The molecule has 2 saturated heterocycles. The summed E-state index contributed by atoms with van der Waals surface area (Å²) in [5, 5.41) is 6.90. The fraction of sp³-hybridized carbons (Fsp3) is 0.444. The number of hydrogen-bond acceptors (Lipinski definition) is 3. The summed E-state index contributed by atoms with van der Waals surface area (Å²) in [5.41, 5.74) is 3.34. The number of nitrogens with zero attached hydrogens (tertiary/aromatic N) is 2. The van der Waals surface area contributed by atoms with Crippen molar-refractivity contribution in [1.29, 1.82) is 0 Å². The third-order valence-corrected chi connectivity index (χ3v) is 5.20. The molecular formula is C18H22N4O2. The van der Waals surface area contributed by atoms with Gasteiger partial charge in [0.05, 0.1) is 11.2 Å². The lowest BCUT2D eigenvalue weighted by atomic mass is 9.94. The Morgan fingerprint density at radius 3 is 2.71 bits per heavy atom. The number of urea groups is 1. The van der Waals surface area contributed by atoms with Crippen LogP contribution in [-0.2, 0) is 11.8 Å². The van der Waals surface area contributed by atoms with Crippen LogP contribution in [0.4, 0.5) is 10.5 Å². The number of rotatable bonds is 2. The van der Waals surface area contributed by atoms with Gasteiger partial charge in [-0.05, 0) is 44.1 Å². The maximum absolute atomic E-state index is 12.2. The molecule has 4 rings (SSSR count). The molecule has 3 amide bonds. The van der Waals surface area contributed by atoms with Gasteiger partial charge in [0.15, 0.2) is 0 Å². The number of benzene rings is 1. The molecule has 0 saturated carbocycles. The van der Waals surface area contributed by atoms with E-state index in [1.54, 1.807) is 4.90 Å². The Morgan fingerprint density at radius 2 is 1.96 bits per heavy atom. The van der Waals surface area contributed by atoms with E-state index in [-0.39, 0.29) is 11.9 Å². The van der Waals surface area contributed by atoms with Crippen LogP contribution in [-0.4, -0.2) is 36.1 Å². The van der Waals surface area contributed by atoms with Crippen LogP contribution in [0.2, 0.25) is 0 Å². The number of anilines is 1. The fourth-order valence-corrected chi connectivity index (χ4v) is 3.90. The Bertz CT molecular complexity index is 805. The van der Waals surface area contributed by atoms with Crippen molar-refractivity contribution in [2.75, 3.05) is 24.5 Å². The monoisotopic (exact) mass is 326 g/mol. The molecule has 0 aliphatic carbocycles. The second-order valence-corrected chi connectivity index (χ2v) is 6.62. The lowest BCUT2D eigenvalue weighted by Crippen LogP contribution is -2.49. The van der Waals surface area contributed by atoms with Crippen LogP contribution in [0.5, 0.6) is 0 Å². The summed E-state index contributed by atoms with van der Waals surface area (Å²) in [6, 6.07) is 7.93. The fourth-order valence-electron chi connectivity index (χ4n) is 3.90. The number of carbonyl (C=O) groups is 2. The molecule has 0 unspecified atom stereocenters. The SMILES string of the molecule is Cn1c(C2CCNCC2)cc2c(N3CCC(=O)NC3=O)cccc21. The van der Waals surface area contributed by atoms with E-state index in [1.165, 1.54) is 5.69 Å². The summed E-state index contributed by atoms with van der Waals surface area (Å²) >= 11 is 0. The molecule has 126 valence electrons. The van der Waals surface area contributed by atoms with Gasteiger partial charge < -0.3 is 9.88 Å². The summed E-state index contributed by atoms with van der Waals surface area (Å²) in [6.45, 7) is 2.53. The van der Waals surface area contributed by atoms with Gasteiger partial charge in [0.1, 0.15) is 0 Å². The summed E-state index contributed by atoms with van der Waals surface area (Å²) < 4.78 is 2.25. The van der Waals surface area contributed by atoms with Crippen LogP contribution in [0.25, 0.3) is 10.9 Å². The van der Waals surface area contributed by atoms with Crippen molar-refractivity contribution < 1.29 is 9.59 Å². The highest BCUT2D eigenvalue weighted by molar-refractivity contribution is 6.09. The molecule has 2 aliphatic rings. The molecule has 6 heteroatoms. The Balaban J connectivity index is 1.77. The van der Waals surface area contributed by atoms with Crippen LogP contribution in [0.1, 0.15) is 30.9 Å². The van der Waals surface area contributed by atoms with Gasteiger partial charge in [0, 0.05) is 37.0 Å². The first-order valence-electron chi connectivity index (χ1n) is 8.55. The third-order valence-electron chi connectivity index (χ3n) is 5.20. The zero-order chi connectivity index (χ0) is 16.7. The Morgan fingerprint density at radius 1 is 1.17 bits per heavy atom. The molecule has 0 atom stereocenters. The van der Waals surface area contributed by atoms with Gasteiger partial charge in [0.2, 0.25) is 5.91 Å². The number of imide groups is 1. The average molecular weight is 326 g/mol. The Kier molecular flexibility index (Phi) is 3.76. The van der Waals surface area contributed by atoms with Crippen molar-refractivity contribution >= 4 is 28.5 Å². The Hall–Kier alpha value is -2.34. The zero-order valence-corrected chi connectivity index (χ0v) is 13.8. The first-order valence-corrected chi connectivity index (χ1v) is 8.55. The van der Waals surface area contributed by atoms with E-state index in [4.69, 9.17) is 0 Å². The van der Waals surface area contributed by atoms with Gasteiger partial charge in [-0.3, -0.25) is 15.0 Å². The average Bonchev–Trinajstić information content (AvgIpc) is 2.93. The van der Waals surface area contributed by atoms with Gasteiger partial charge in [0.25, 0.3) is 0 Å². The minimum atomic E-state index is -0.328. The van der Waals surface area contributed by atoms with Crippen LogP contribution in [0, 0.1) is 0 Å². The molecule has 1 aromatic carbocycles. The molecular weight excluding hydrogens is 304 g/mol. The first kappa shape index (κ1) is 15.2. The molecule has 2 aliphatic heterocycles. The quantitative estimate of drug-likeness (QED) is 0.888. The molecule has 0 bridgehead atoms. The topological polar surface area (TPSA) is 66.4 Å². The number of aryl methyl sites for hydroxylation is 1. The largest absolute Gasteiger partial charge is 0.347 e. The highest BCUT2D eigenvalue weighted by Gasteiger charge is 2.27. The van der Waals surface area contributed by atoms with Crippen LogP contribution >= 0.6 is 0 Å². The summed E-state index contributed by atoms with van der Waals surface area (Å²) in [6.07, 6.45) is 2.62. The van der Waals surface area contributed by atoms with Crippen molar-refractivity contribution in [3.8, 4) is 0 Å². The van der Waals surface area contributed by atoms with Crippen LogP contribution < -0.4 is 15.5 Å². The van der Waals surface area contributed by atoms with E-state index in [1.807, 2.05) is 12.1 Å². The normalized spacial score (nSPS) is 19.8. The molecule has 0 spiro atoms. The number of hydrogen-bond donors (Lipinski definition) is 2. The highest BCUT2D eigenvalue weighted by atomic mass is 16.2. The molecule has 0 radical (unpaired) electrons. The van der Waals surface area contributed by atoms with E-state index in [0.717, 1.165) is 42.5 Å². The molecule has 6 nitrogen and oxygen atoms in total. The van der Waals surface area contributed by atoms with Gasteiger partial charge in [-0.1, -0.05) is 6.07 Å². The summed E-state index contributed by atoms with van der Waals surface area (Å²) in [5.74, 6) is 0.347.